The Morgan fingerprint density at radius 1 is 0.391 bits per heavy atom. The van der Waals surface area contributed by atoms with E-state index in [0.29, 0.717) is 0 Å². The first kappa shape index (κ1) is 51.4. The number of aliphatic hydroxyl groups is 9. The second-order valence-corrected chi connectivity index (χ2v) is 10.2. The molecular formula is C31H64O15. The Balaban J connectivity index is -0.000000262. The van der Waals surface area contributed by atoms with Gasteiger partial charge in [0.25, 0.3) is 0 Å². The third-order valence-corrected chi connectivity index (χ3v) is 7.05. The first-order valence-electron chi connectivity index (χ1n) is 15.4. The Kier molecular flexibility index (Phi) is 28.5. The fourth-order valence-electron chi connectivity index (χ4n) is 4.21. The van der Waals surface area contributed by atoms with Gasteiger partial charge in [-0.1, -0.05) is 69.7 Å². The fourth-order valence-corrected chi connectivity index (χ4v) is 4.21. The molecule has 3 fully saturated rings. The number of Topliss-reactive ketones (excluding diaryl/α,β-unsaturated/α-hetero) is 3. The van der Waals surface area contributed by atoms with E-state index in [0.717, 1.165) is 0 Å². The van der Waals surface area contributed by atoms with Crippen molar-refractivity contribution in [1.82, 2.24) is 0 Å². The smallest absolute Gasteiger partial charge is 0.184 e. The van der Waals surface area contributed by atoms with Crippen molar-refractivity contribution in [2.24, 2.45) is 17.8 Å². The van der Waals surface area contributed by atoms with Crippen LogP contribution in [0, 0.1) is 17.8 Å². The second-order valence-electron chi connectivity index (χ2n) is 10.2. The number of aliphatic hydroxyl groups excluding tert-OH is 9. The number of carbonyl (C=O) groups excluding carboxylic acids is 3. The summed E-state index contributed by atoms with van der Waals surface area (Å²) in [7, 11) is 0. The molecule has 0 aromatic heterocycles. The summed E-state index contributed by atoms with van der Waals surface area (Å²) in [6.45, 7) is 20.5. The zero-order valence-corrected chi connectivity index (χ0v) is 28.6. The summed E-state index contributed by atoms with van der Waals surface area (Å²) in [6.07, 6.45) is -14.1. The molecule has 15 atom stereocenters. The molecule has 15 nitrogen and oxygen atoms in total. The van der Waals surface area contributed by atoms with Crippen LogP contribution >= 0.6 is 0 Å². The average Bonchev–Trinajstić information content (AvgIpc) is 3.02. The summed E-state index contributed by atoms with van der Waals surface area (Å²) in [5.74, 6) is -2.69. The van der Waals surface area contributed by atoms with Gasteiger partial charge in [0.15, 0.2) is 36.2 Å². The Hall–Kier alpha value is -1.47. The lowest BCUT2D eigenvalue weighted by Gasteiger charge is -2.38. The molecule has 0 saturated carbocycles. The van der Waals surface area contributed by atoms with Crippen LogP contribution in [0.5, 0.6) is 0 Å². The Morgan fingerprint density at radius 2 is 0.696 bits per heavy atom. The topological polar surface area (TPSA) is 261 Å². The summed E-state index contributed by atoms with van der Waals surface area (Å²) in [6, 6.07) is 0. The van der Waals surface area contributed by atoms with Gasteiger partial charge in [0, 0.05) is 17.8 Å². The number of hydrogen-bond acceptors (Lipinski definition) is 15. The minimum absolute atomic E-state index is 0. The summed E-state index contributed by atoms with van der Waals surface area (Å²) in [5.41, 5.74) is 0. The fraction of sp³-hybridized carbons (Fsp3) is 0.903. The molecule has 3 saturated heterocycles. The van der Waals surface area contributed by atoms with Gasteiger partial charge in [-0.15, -0.1) is 0 Å². The quantitative estimate of drug-likeness (QED) is 0.185. The lowest BCUT2D eigenvalue weighted by molar-refractivity contribution is -0.260. The van der Waals surface area contributed by atoms with Crippen molar-refractivity contribution in [3.05, 3.63) is 0 Å². The van der Waals surface area contributed by atoms with Crippen molar-refractivity contribution in [1.29, 1.82) is 0 Å². The molecule has 46 heavy (non-hydrogen) atoms. The van der Waals surface area contributed by atoms with Crippen LogP contribution in [0.2, 0.25) is 0 Å². The Bertz CT molecular complexity index is 723. The van der Waals surface area contributed by atoms with E-state index in [4.69, 9.17) is 24.4 Å². The van der Waals surface area contributed by atoms with E-state index >= 15 is 0 Å². The molecule has 278 valence electrons. The predicted octanol–water partition coefficient (Wildman–Crippen LogP) is -0.334. The van der Waals surface area contributed by atoms with Gasteiger partial charge in [0.2, 0.25) is 0 Å². The van der Waals surface area contributed by atoms with E-state index in [1.807, 2.05) is 41.5 Å². The highest BCUT2D eigenvalue weighted by molar-refractivity contribution is 5.82. The highest BCUT2D eigenvalue weighted by atomic mass is 16.6. The van der Waals surface area contributed by atoms with Crippen LogP contribution in [0.3, 0.4) is 0 Å². The van der Waals surface area contributed by atoms with Gasteiger partial charge in [0.1, 0.15) is 36.6 Å². The molecule has 15 heteroatoms. The van der Waals surface area contributed by atoms with Crippen molar-refractivity contribution in [3.8, 4) is 0 Å². The molecule has 0 spiro atoms. The summed E-state index contributed by atoms with van der Waals surface area (Å²) in [4.78, 5) is 32.8. The lowest BCUT2D eigenvalue weighted by Crippen LogP contribution is -2.55. The molecule has 0 aliphatic carbocycles. The molecule has 0 aromatic carbocycles. The van der Waals surface area contributed by atoms with Crippen molar-refractivity contribution < 1.29 is 74.6 Å². The second kappa shape index (κ2) is 25.5. The number of ether oxygens (including phenoxy) is 3. The highest BCUT2D eigenvalue weighted by Gasteiger charge is 2.45. The third-order valence-electron chi connectivity index (χ3n) is 7.05. The Labute approximate surface area is 274 Å². The van der Waals surface area contributed by atoms with Crippen LogP contribution in [0.4, 0.5) is 0 Å². The zero-order valence-electron chi connectivity index (χ0n) is 28.6. The molecule has 0 unspecified atom stereocenters. The van der Waals surface area contributed by atoms with Crippen LogP contribution in [0.15, 0.2) is 0 Å². The van der Waals surface area contributed by atoms with E-state index in [9.17, 15) is 50.1 Å². The van der Waals surface area contributed by atoms with Crippen molar-refractivity contribution in [2.75, 3.05) is 0 Å². The molecule has 0 amide bonds. The third kappa shape index (κ3) is 14.7. The maximum atomic E-state index is 11.0. The molecule has 0 radical (unpaired) electrons. The van der Waals surface area contributed by atoms with E-state index < -0.39 is 97.3 Å². The normalized spacial score (nSPS) is 39.5. The molecule has 3 heterocycles. The largest absolute Gasteiger partial charge is 0.390 e. The number of ketones is 3. The van der Waals surface area contributed by atoms with Crippen LogP contribution in [0.1, 0.15) is 90.5 Å². The minimum Gasteiger partial charge on any atom is -0.390 e. The molecular weight excluding hydrogens is 612 g/mol. The SMILES string of the molecule is C.CC.CC.CC.CC(=O)[C@H]1O[C@@H](O)[C@H](C)[C@@H](O)[C@@H]1O.CC(=O)[C@H]1O[C@@H](O)[C@H](O)[C@@H](C)[C@@H]1O.CC(=O)[C@H]1O[C@@H](O)[C@H](O)[C@@H](O)[C@@H]1C. The summed E-state index contributed by atoms with van der Waals surface area (Å²) in [5, 5.41) is 83.6. The van der Waals surface area contributed by atoms with Crippen LogP contribution < -0.4 is 0 Å². The molecule has 3 aliphatic heterocycles. The molecule has 3 rings (SSSR count). The average molecular weight is 677 g/mol. The van der Waals surface area contributed by atoms with Gasteiger partial charge < -0.3 is 60.2 Å². The Morgan fingerprint density at radius 3 is 1.09 bits per heavy atom. The van der Waals surface area contributed by atoms with Gasteiger partial charge in [-0.05, 0) is 20.8 Å². The standard InChI is InChI=1S/3C8H14O5.3C2H6.CH4/c1-3-5(10)6(11)7(4(2)9)13-8(3)12;1-3-5(10)6(11)8(12)13-7(3)4(2)9;1-3-5(10)7(4(2)9)13-8(12)6(3)11;3*1-2;/h3*3,5-8,10-12H,1-2H3;3*1-2H3;1H4/t3-,5-,6+,7-,8-;3-,5-,6+,7-,8+;3-,5-,6+,7+,8+;;;;/m100..../s1. The maximum Gasteiger partial charge on any atom is 0.184 e. The van der Waals surface area contributed by atoms with Crippen LogP contribution in [-0.2, 0) is 28.6 Å². The van der Waals surface area contributed by atoms with Gasteiger partial charge in [-0.25, -0.2) is 0 Å². The monoisotopic (exact) mass is 676 g/mol. The number of rotatable bonds is 3. The van der Waals surface area contributed by atoms with Crippen LogP contribution in [0.25, 0.3) is 0 Å². The van der Waals surface area contributed by atoms with E-state index in [2.05, 4.69) is 0 Å². The van der Waals surface area contributed by atoms with E-state index in [1.165, 1.54) is 27.7 Å². The summed E-state index contributed by atoms with van der Waals surface area (Å²) < 4.78 is 14.4. The number of carbonyl (C=O) groups is 3. The molecule has 0 bridgehead atoms. The van der Waals surface area contributed by atoms with Crippen molar-refractivity contribution in [3.63, 3.8) is 0 Å². The van der Waals surface area contributed by atoms with Crippen molar-refractivity contribution in [2.45, 2.75) is 164 Å². The zero-order chi connectivity index (χ0) is 36.5. The highest BCUT2D eigenvalue weighted by Crippen LogP contribution is 2.27. The predicted molar refractivity (Wildman–Crippen MR) is 169 cm³/mol. The van der Waals surface area contributed by atoms with Crippen LogP contribution in [-0.4, -0.2) is 137 Å². The molecule has 0 aromatic rings. The van der Waals surface area contributed by atoms with Gasteiger partial charge in [-0.3, -0.25) is 14.4 Å². The molecule has 3 aliphatic rings. The van der Waals surface area contributed by atoms with Gasteiger partial charge in [-0.2, -0.15) is 0 Å². The van der Waals surface area contributed by atoms with E-state index in [1.54, 1.807) is 13.8 Å². The van der Waals surface area contributed by atoms with Gasteiger partial charge >= 0.3 is 0 Å². The van der Waals surface area contributed by atoms with E-state index in [-0.39, 0.29) is 19.0 Å². The number of hydrogen-bond donors (Lipinski definition) is 9. The van der Waals surface area contributed by atoms with Crippen molar-refractivity contribution >= 4 is 17.3 Å². The molecule has 9 N–H and O–H groups in total. The lowest BCUT2D eigenvalue weighted by atomic mass is 9.89. The minimum atomic E-state index is -1.49. The first-order valence-corrected chi connectivity index (χ1v) is 15.4. The maximum absolute atomic E-state index is 11.0. The summed E-state index contributed by atoms with van der Waals surface area (Å²) >= 11 is 0. The first-order chi connectivity index (χ1) is 20.8. The van der Waals surface area contributed by atoms with Gasteiger partial charge in [0.05, 0.1) is 18.3 Å².